The van der Waals surface area contributed by atoms with Crippen molar-refractivity contribution in [3.8, 4) is 34.1 Å². The van der Waals surface area contributed by atoms with Crippen LogP contribution in [0.1, 0.15) is 57.5 Å². The summed E-state index contributed by atoms with van der Waals surface area (Å²) in [5.74, 6) is -0.231. The highest BCUT2D eigenvalue weighted by molar-refractivity contribution is 6.07. The minimum absolute atomic E-state index is 0.0676. The predicted octanol–water partition coefficient (Wildman–Crippen LogP) is 4.00. The fraction of sp³-hybridized carbons (Fsp3) is 0.467. The number of Topliss-reactive ketones (excluding diaryl/α,β-unsaturated/α-hetero) is 2. The second-order valence-corrected chi connectivity index (χ2v) is 9.97. The molecule has 0 heterocycles. The number of hydrogen-bond acceptors (Lipinski definition) is 10. The number of ketones is 2. The number of carbonyl (C=O) groups excluding carboxylic acids is 4. The third-order valence-corrected chi connectivity index (χ3v) is 7.70. The first-order valence-electron chi connectivity index (χ1n) is 13.0. The fourth-order valence-electron chi connectivity index (χ4n) is 5.96. The maximum absolute atomic E-state index is 13.5. The van der Waals surface area contributed by atoms with E-state index in [2.05, 4.69) is 0 Å². The van der Waals surface area contributed by atoms with E-state index in [-0.39, 0.29) is 49.1 Å². The number of ether oxygens (including phenoxy) is 6. The summed E-state index contributed by atoms with van der Waals surface area (Å²) in [7, 11) is 8.61. The lowest BCUT2D eigenvalue weighted by Crippen LogP contribution is -2.26. The molecule has 10 nitrogen and oxygen atoms in total. The van der Waals surface area contributed by atoms with Gasteiger partial charge in [-0.1, -0.05) is 0 Å². The highest BCUT2D eigenvalue weighted by Crippen LogP contribution is 2.52. The fourth-order valence-corrected chi connectivity index (χ4v) is 5.96. The zero-order valence-electron chi connectivity index (χ0n) is 23.6. The molecule has 10 heteroatoms. The Labute approximate surface area is 232 Å². The molecule has 0 aromatic heterocycles. The van der Waals surface area contributed by atoms with Gasteiger partial charge in [0.25, 0.3) is 0 Å². The van der Waals surface area contributed by atoms with Crippen LogP contribution >= 0.6 is 0 Å². The number of carbonyl (C=O) groups is 4. The van der Waals surface area contributed by atoms with Gasteiger partial charge in [-0.2, -0.15) is 0 Å². The molecule has 2 aromatic carbocycles. The Morgan fingerprint density at radius 3 is 1.20 bits per heavy atom. The summed E-state index contributed by atoms with van der Waals surface area (Å²) >= 11 is 0. The number of fused-ring (bicyclic) bond motifs is 2. The van der Waals surface area contributed by atoms with Crippen molar-refractivity contribution in [2.45, 2.75) is 38.5 Å². The summed E-state index contributed by atoms with van der Waals surface area (Å²) in [6.07, 6.45) is 1.17. The highest BCUT2D eigenvalue weighted by Gasteiger charge is 2.38. The molecule has 0 bridgehead atoms. The first-order chi connectivity index (χ1) is 19.2. The first kappa shape index (κ1) is 28.9. The summed E-state index contributed by atoms with van der Waals surface area (Å²) in [6, 6.07) is 3.30. The predicted molar refractivity (Wildman–Crippen MR) is 144 cm³/mol. The van der Waals surface area contributed by atoms with Crippen LogP contribution in [0.25, 0.3) is 11.1 Å². The van der Waals surface area contributed by atoms with Gasteiger partial charge in [0.15, 0.2) is 11.6 Å². The van der Waals surface area contributed by atoms with Gasteiger partial charge in [-0.25, -0.2) is 0 Å². The average Bonchev–Trinajstić information content (AvgIpc) is 2.95. The average molecular weight is 555 g/mol. The first-order valence-corrected chi connectivity index (χ1v) is 13.0. The van der Waals surface area contributed by atoms with E-state index in [1.54, 1.807) is 12.1 Å². The van der Waals surface area contributed by atoms with Crippen LogP contribution in [0.4, 0.5) is 0 Å². The molecule has 0 saturated carbocycles. The molecule has 2 aromatic rings. The monoisotopic (exact) mass is 554 g/mol. The number of rotatable bonds is 9. The van der Waals surface area contributed by atoms with Gasteiger partial charge in [0.1, 0.15) is 23.0 Å². The minimum Gasteiger partial charge on any atom is -0.496 e. The van der Waals surface area contributed by atoms with Gasteiger partial charge in [0.2, 0.25) is 0 Å². The summed E-state index contributed by atoms with van der Waals surface area (Å²) in [6.45, 7) is 0. The third-order valence-electron chi connectivity index (χ3n) is 7.70. The van der Waals surface area contributed by atoms with E-state index in [0.717, 1.165) is 0 Å². The molecule has 2 aliphatic carbocycles. The van der Waals surface area contributed by atoms with Gasteiger partial charge >= 0.3 is 11.9 Å². The Bertz CT molecular complexity index is 1260. The Morgan fingerprint density at radius 1 is 0.575 bits per heavy atom. The van der Waals surface area contributed by atoms with Crippen molar-refractivity contribution >= 4 is 23.5 Å². The number of benzene rings is 2. The van der Waals surface area contributed by atoms with Crippen LogP contribution < -0.4 is 18.9 Å². The molecular formula is C30H34O10. The second kappa shape index (κ2) is 12.0. The summed E-state index contributed by atoms with van der Waals surface area (Å²) in [4.78, 5) is 51.3. The van der Waals surface area contributed by atoms with E-state index in [1.165, 1.54) is 42.7 Å². The topological polar surface area (TPSA) is 124 Å². The molecule has 4 rings (SSSR count). The van der Waals surface area contributed by atoms with Crippen molar-refractivity contribution in [3.63, 3.8) is 0 Å². The van der Waals surface area contributed by atoms with Crippen molar-refractivity contribution in [2.75, 3.05) is 42.7 Å². The zero-order valence-corrected chi connectivity index (χ0v) is 23.6. The molecule has 0 saturated heterocycles. The van der Waals surface area contributed by atoms with Crippen molar-refractivity contribution < 1.29 is 47.6 Å². The largest absolute Gasteiger partial charge is 0.496 e. The smallest absolute Gasteiger partial charge is 0.305 e. The number of hydrogen-bond donors (Lipinski definition) is 0. The number of esters is 2. The van der Waals surface area contributed by atoms with E-state index in [4.69, 9.17) is 28.4 Å². The van der Waals surface area contributed by atoms with Crippen molar-refractivity contribution in [3.05, 3.63) is 34.4 Å². The standard InChI is InChI=1S/C30H34O10/c1-35-21-13-23(37-3)29(17-7-15(11-25(33)39-5)9-19(31)27(17)21)30-18-8-16(12-26(34)40-6)10-20(32)28(18)22(36-2)14-24(30)38-4/h13-16H,7-12H2,1-6H3. The summed E-state index contributed by atoms with van der Waals surface area (Å²) in [5, 5.41) is 0. The molecule has 2 atom stereocenters. The SMILES string of the molecule is COC(=O)CC1CC(=O)c2c(OC)cc(OC)c(-c3c(OC)cc(OC)c4c3CC(CC(=O)OC)CC4=O)c2C1. The van der Waals surface area contributed by atoms with Gasteiger partial charge in [-0.05, 0) is 35.8 Å². The Balaban J connectivity index is 2.04. The van der Waals surface area contributed by atoms with E-state index in [0.29, 0.717) is 69.2 Å². The van der Waals surface area contributed by atoms with Gasteiger partial charge < -0.3 is 28.4 Å². The van der Waals surface area contributed by atoms with Crippen LogP contribution in [-0.2, 0) is 31.9 Å². The molecule has 0 amide bonds. The van der Waals surface area contributed by atoms with E-state index < -0.39 is 11.9 Å². The second-order valence-electron chi connectivity index (χ2n) is 9.97. The van der Waals surface area contributed by atoms with Crippen LogP contribution in [0.15, 0.2) is 12.1 Å². The molecule has 0 aliphatic heterocycles. The summed E-state index contributed by atoms with van der Waals surface area (Å²) < 4.78 is 32.6. The van der Waals surface area contributed by atoms with Crippen LogP contribution in [0.2, 0.25) is 0 Å². The van der Waals surface area contributed by atoms with E-state index in [1.807, 2.05) is 0 Å². The maximum atomic E-state index is 13.5. The number of methoxy groups -OCH3 is 6. The quantitative estimate of drug-likeness (QED) is 0.420. The van der Waals surface area contributed by atoms with Gasteiger partial charge in [0.05, 0.1) is 53.8 Å². The highest BCUT2D eigenvalue weighted by atomic mass is 16.5. The van der Waals surface area contributed by atoms with Gasteiger partial charge in [0, 0.05) is 48.9 Å². The van der Waals surface area contributed by atoms with Crippen molar-refractivity contribution in [1.82, 2.24) is 0 Å². The lowest BCUT2D eigenvalue weighted by Gasteiger charge is -2.32. The zero-order chi connectivity index (χ0) is 29.1. The molecule has 2 unspecified atom stereocenters. The van der Waals surface area contributed by atoms with Crippen LogP contribution in [0.5, 0.6) is 23.0 Å². The molecule has 2 aliphatic rings. The normalized spacial score (nSPS) is 17.9. The molecule has 40 heavy (non-hydrogen) atoms. The maximum Gasteiger partial charge on any atom is 0.305 e. The molecule has 0 fully saturated rings. The van der Waals surface area contributed by atoms with E-state index >= 15 is 0 Å². The summed E-state index contributed by atoms with van der Waals surface area (Å²) in [5.41, 5.74) is 3.22. The Hall–Kier alpha value is -4.08. The molecular weight excluding hydrogens is 520 g/mol. The van der Waals surface area contributed by atoms with Crippen molar-refractivity contribution in [1.29, 1.82) is 0 Å². The van der Waals surface area contributed by atoms with Crippen LogP contribution in [-0.4, -0.2) is 66.2 Å². The van der Waals surface area contributed by atoms with E-state index in [9.17, 15) is 19.2 Å². The molecule has 0 radical (unpaired) electrons. The van der Waals surface area contributed by atoms with Gasteiger partial charge in [-0.15, -0.1) is 0 Å². The van der Waals surface area contributed by atoms with Crippen molar-refractivity contribution in [2.24, 2.45) is 11.8 Å². The molecule has 0 spiro atoms. The van der Waals surface area contributed by atoms with Crippen LogP contribution in [0, 0.1) is 11.8 Å². The van der Waals surface area contributed by atoms with Crippen LogP contribution in [0.3, 0.4) is 0 Å². The van der Waals surface area contributed by atoms with Gasteiger partial charge in [-0.3, -0.25) is 19.2 Å². The Morgan fingerprint density at radius 2 is 0.900 bits per heavy atom. The lowest BCUT2D eigenvalue weighted by atomic mass is 9.73. The molecule has 0 N–H and O–H groups in total. The minimum atomic E-state index is -0.409. The lowest BCUT2D eigenvalue weighted by molar-refractivity contribution is -0.142. The third kappa shape index (κ3) is 5.22. The molecule has 214 valence electrons. The Kier molecular flexibility index (Phi) is 8.66.